The van der Waals surface area contributed by atoms with Gasteiger partial charge in [-0.3, -0.25) is 4.98 Å². The minimum atomic E-state index is 0.679. The Labute approximate surface area is 104 Å². The van der Waals surface area contributed by atoms with Gasteiger partial charge in [0, 0.05) is 12.6 Å². The van der Waals surface area contributed by atoms with Crippen molar-refractivity contribution >= 4 is 11.4 Å². The van der Waals surface area contributed by atoms with E-state index in [-0.39, 0.29) is 0 Å². The lowest BCUT2D eigenvalue weighted by atomic mass is 10.2. The topological polar surface area (TPSA) is 37.0 Å². The van der Waals surface area contributed by atoms with Crippen molar-refractivity contribution in [3.8, 4) is 0 Å². The summed E-state index contributed by atoms with van der Waals surface area (Å²) < 4.78 is 0. The zero-order valence-corrected chi connectivity index (χ0v) is 10.9. The Morgan fingerprint density at radius 2 is 2.06 bits per heavy atom. The van der Waals surface area contributed by atoms with Crippen molar-refractivity contribution in [1.82, 2.24) is 4.98 Å². The van der Waals surface area contributed by atoms with E-state index in [2.05, 4.69) is 35.5 Å². The summed E-state index contributed by atoms with van der Waals surface area (Å²) in [5, 5.41) is 6.93. The van der Waals surface area contributed by atoms with E-state index in [1.54, 1.807) is 0 Å². The second-order valence-corrected chi connectivity index (χ2v) is 4.92. The van der Waals surface area contributed by atoms with Gasteiger partial charge in [0.05, 0.1) is 23.8 Å². The van der Waals surface area contributed by atoms with Crippen LogP contribution in [0.5, 0.6) is 0 Å². The molecule has 0 aromatic carbocycles. The Hall–Kier alpha value is -1.25. The maximum Gasteiger partial charge on any atom is 0.0549 e. The van der Waals surface area contributed by atoms with Crippen LogP contribution in [0.4, 0.5) is 11.4 Å². The number of pyridine rings is 1. The highest BCUT2D eigenvalue weighted by Gasteiger charge is 2.35. The number of anilines is 2. The molecule has 1 aliphatic rings. The molecule has 0 bridgehead atoms. The lowest BCUT2D eigenvalue weighted by molar-refractivity contribution is 0.693. The number of hydrogen-bond acceptors (Lipinski definition) is 3. The summed E-state index contributed by atoms with van der Waals surface area (Å²) in [6.45, 7) is 5.43. The SMILES string of the molecule is CCCNc1cncc(NC2CC2CCC)c1. The Morgan fingerprint density at radius 1 is 1.24 bits per heavy atom. The molecule has 2 unspecified atom stereocenters. The van der Waals surface area contributed by atoms with Crippen molar-refractivity contribution in [2.24, 2.45) is 5.92 Å². The minimum absolute atomic E-state index is 0.679. The maximum atomic E-state index is 4.26. The van der Waals surface area contributed by atoms with Gasteiger partial charge in [0.2, 0.25) is 0 Å². The van der Waals surface area contributed by atoms with E-state index in [1.807, 2.05) is 12.4 Å². The number of hydrogen-bond donors (Lipinski definition) is 2. The second kappa shape index (κ2) is 5.89. The summed E-state index contributed by atoms with van der Waals surface area (Å²) in [6, 6.07) is 2.84. The molecule has 3 nitrogen and oxygen atoms in total. The van der Waals surface area contributed by atoms with Gasteiger partial charge in [0.15, 0.2) is 0 Å². The molecule has 1 aliphatic carbocycles. The highest BCUT2D eigenvalue weighted by molar-refractivity contribution is 5.55. The number of rotatable bonds is 7. The Bertz CT molecular complexity index is 351. The second-order valence-electron chi connectivity index (χ2n) is 4.92. The van der Waals surface area contributed by atoms with Gasteiger partial charge in [-0.2, -0.15) is 0 Å². The first kappa shape index (κ1) is 12.2. The summed E-state index contributed by atoms with van der Waals surface area (Å²) in [4.78, 5) is 4.26. The predicted molar refractivity (Wildman–Crippen MR) is 73.4 cm³/mol. The third kappa shape index (κ3) is 3.62. The summed E-state index contributed by atoms with van der Waals surface area (Å²) in [5.74, 6) is 0.882. The van der Waals surface area contributed by atoms with E-state index in [9.17, 15) is 0 Å². The van der Waals surface area contributed by atoms with Gasteiger partial charge < -0.3 is 10.6 Å². The van der Waals surface area contributed by atoms with E-state index in [1.165, 1.54) is 19.3 Å². The molecule has 1 aromatic rings. The average Bonchev–Trinajstić information content (AvgIpc) is 3.06. The van der Waals surface area contributed by atoms with Crippen LogP contribution >= 0.6 is 0 Å². The first-order valence-electron chi connectivity index (χ1n) is 6.79. The highest BCUT2D eigenvalue weighted by atomic mass is 15.0. The van der Waals surface area contributed by atoms with Gasteiger partial charge in [0.25, 0.3) is 0 Å². The Morgan fingerprint density at radius 3 is 2.82 bits per heavy atom. The predicted octanol–water partition coefficient (Wildman–Crippen LogP) is 3.50. The molecule has 0 saturated heterocycles. The molecule has 1 aromatic heterocycles. The molecule has 17 heavy (non-hydrogen) atoms. The van der Waals surface area contributed by atoms with Gasteiger partial charge in [-0.05, 0) is 31.2 Å². The number of nitrogens with one attached hydrogen (secondary N) is 2. The van der Waals surface area contributed by atoms with Crippen LogP contribution in [-0.2, 0) is 0 Å². The largest absolute Gasteiger partial charge is 0.384 e. The van der Waals surface area contributed by atoms with Crippen LogP contribution in [0.1, 0.15) is 39.5 Å². The fourth-order valence-electron chi connectivity index (χ4n) is 2.21. The van der Waals surface area contributed by atoms with Crippen LogP contribution in [0, 0.1) is 5.92 Å². The van der Waals surface area contributed by atoms with Crippen molar-refractivity contribution in [3.63, 3.8) is 0 Å². The molecular formula is C14H23N3. The van der Waals surface area contributed by atoms with Crippen LogP contribution in [0.25, 0.3) is 0 Å². The van der Waals surface area contributed by atoms with Crippen molar-refractivity contribution < 1.29 is 0 Å². The smallest absolute Gasteiger partial charge is 0.0549 e. The fourth-order valence-corrected chi connectivity index (χ4v) is 2.21. The van der Waals surface area contributed by atoms with Crippen LogP contribution in [0.2, 0.25) is 0 Å². The van der Waals surface area contributed by atoms with Crippen LogP contribution in [0.3, 0.4) is 0 Å². The first-order chi connectivity index (χ1) is 8.33. The molecule has 0 spiro atoms. The number of aromatic nitrogens is 1. The monoisotopic (exact) mass is 233 g/mol. The van der Waals surface area contributed by atoms with Crippen LogP contribution in [-0.4, -0.2) is 17.6 Å². The molecular weight excluding hydrogens is 210 g/mol. The van der Waals surface area contributed by atoms with Crippen molar-refractivity contribution in [3.05, 3.63) is 18.5 Å². The Kier molecular flexibility index (Phi) is 4.24. The molecule has 1 heterocycles. The fraction of sp³-hybridized carbons (Fsp3) is 0.643. The standard InChI is InChI=1S/C14H23N3/c1-3-5-11-7-14(11)17-13-8-12(9-15-10-13)16-6-4-2/h8-11,14,16-17H,3-7H2,1-2H3. The lowest BCUT2D eigenvalue weighted by Gasteiger charge is -2.08. The van der Waals surface area contributed by atoms with Crippen LogP contribution < -0.4 is 10.6 Å². The van der Waals surface area contributed by atoms with Gasteiger partial charge in [0.1, 0.15) is 0 Å². The average molecular weight is 233 g/mol. The lowest BCUT2D eigenvalue weighted by Crippen LogP contribution is -2.06. The van der Waals surface area contributed by atoms with Crippen molar-refractivity contribution in [2.75, 3.05) is 17.2 Å². The molecule has 1 fully saturated rings. The highest BCUT2D eigenvalue weighted by Crippen LogP contribution is 2.37. The quantitative estimate of drug-likeness (QED) is 0.756. The molecule has 2 atom stereocenters. The number of nitrogens with zero attached hydrogens (tertiary/aromatic N) is 1. The van der Waals surface area contributed by atoms with Gasteiger partial charge in [-0.1, -0.05) is 20.3 Å². The van der Waals surface area contributed by atoms with E-state index in [4.69, 9.17) is 0 Å². The van der Waals surface area contributed by atoms with E-state index >= 15 is 0 Å². The summed E-state index contributed by atoms with van der Waals surface area (Å²) >= 11 is 0. The third-order valence-corrected chi connectivity index (χ3v) is 3.25. The zero-order chi connectivity index (χ0) is 12.1. The van der Waals surface area contributed by atoms with E-state index in [0.29, 0.717) is 6.04 Å². The van der Waals surface area contributed by atoms with Gasteiger partial charge in [-0.15, -0.1) is 0 Å². The third-order valence-electron chi connectivity index (χ3n) is 3.25. The minimum Gasteiger partial charge on any atom is -0.384 e. The zero-order valence-electron chi connectivity index (χ0n) is 10.9. The maximum absolute atomic E-state index is 4.26. The van der Waals surface area contributed by atoms with Gasteiger partial charge in [-0.25, -0.2) is 0 Å². The van der Waals surface area contributed by atoms with Crippen molar-refractivity contribution in [1.29, 1.82) is 0 Å². The molecule has 0 amide bonds. The normalized spacial score (nSPS) is 22.2. The molecule has 3 heteroatoms. The first-order valence-corrected chi connectivity index (χ1v) is 6.79. The Balaban J connectivity index is 1.84. The molecule has 2 N–H and O–H groups in total. The molecule has 0 radical (unpaired) electrons. The molecule has 1 saturated carbocycles. The summed E-state index contributed by atoms with van der Waals surface area (Å²) in [7, 11) is 0. The van der Waals surface area contributed by atoms with E-state index in [0.717, 1.165) is 30.3 Å². The summed E-state index contributed by atoms with van der Waals surface area (Å²) in [6.07, 6.45) is 8.90. The molecule has 0 aliphatic heterocycles. The molecule has 94 valence electrons. The van der Waals surface area contributed by atoms with Crippen molar-refractivity contribution in [2.45, 2.75) is 45.6 Å². The van der Waals surface area contributed by atoms with E-state index < -0.39 is 0 Å². The molecule has 2 rings (SSSR count). The summed E-state index contributed by atoms with van der Waals surface area (Å²) in [5.41, 5.74) is 2.26. The van der Waals surface area contributed by atoms with Gasteiger partial charge >= 0.3 is 0 Å². The van der Waals surface area contributed by atoms with Crippen LogP contribution in [0.15, 0.2) is 18.5 Å².